The lowest BCUT2D eigenvalue weighted by molar-refractivity contribution is 0.666. The summed E-state index contributed by atoms with van der Waals surface area (Å²) in [7, 11) is 0. The molecular weight excluding hydrogens is 520 g/mol. The second-order valence-electron chi connectivity index (χ2n) is 12.8. The fraction of sp³-hybridized carbons (Fsp3) is 0.0976. The average molecular weight is 549 g/mol. The molecule has 10 rings (SSSR count). The molecule has 202 valence electrons. The zero-order valence-corrected chi connectivity index (χ0v) is 24.1. The van der Waals surface area contributed by atoms with E-state index in [9.17, 15) is 0 Å². The molecule has 0 unspecified atom stereocenters. The summed E-state index contributed by atoms with van der Waals surface area (Å²) in [6, 6.07) is 47.3. The average Bonchev–Trinajstić information content (AvgIpc) is 3.76. The van der Waals surface area contributed by atoms with Gasteiger partial charge >= 0.3 is 0 Å². The molecule has 0 saturated carbocycles. The van der Waals surface area contributed by atoms with Crippen LogP contribution < -0.4 is 0 Å². The summed E-state index contributed by atoms with van der Waals surface area (Å²) in [5.41, 5.74) is 17.9. The van der Waals surface area contributed by atoms with E-state index in [0.717, 1.165) is 11.2 Å². The van der Waals surface area contributed by atoms with Gasteiger partial charge in [0.25, 0.3) is 0 Å². The minimum atomic E-state index is -0.358. The molecule has 2 heteroatoms. The van der Waals surface area contributed by atoms with E-state index in [1.165, 1.54) is 72.1 Å². The molecule has 6 aromatic carbocycles. The largest absolute Gasteiger partial charge is 0.233 e. The summed E-state index contributed by atoms with van der Waals surface area (Å²) >= 11 is 0. The first-order valence-corrected chi connectivity index (χ1v) is 15.2. The van der Waals surface area contributed by atoms with Crippen LogP contribution in [-0.4, -0.2) is 9.78 Å². The number of nitrogens with zero attached hydrogens (tertiary/aromatic N) is 2. The standard InChI is InChI=1S/C41H28N2/c1-40(2)33-15-7-3-14-29(33)31-21-22-38-32(39(31)40)24-42-43(38)25-19-20-30-28-13-6-10-18-36(28)41(37(30)23-25)34-16-8-4-11-26(34)27-12-5-9-17-35(27)41/h3-24H,1-2H3. The third-order valence-corrected chi connectivity index (χ3v) is 10.5. The van der Waals surface area contributed by atoms with Gasteiger partial charge in [-0.3, -0.25) is 0 Å². The van der Waals surface area contributed by atoms with Crippen LogP contribution >= 0.6 is 0 Å². The van der Waals surface area contributed by atoms with Crippen molar-refractivity contribution in [3.8, 4) is 39.1 Å². The van der Waals surface area contributed by atoms with Crippen LogP contribution in [0.25, 0.3) is 50.0 Å². The first kappa shape index (κ1) is 23.4. The van der Waals surface area contributed by atoms with Crippen LogP contribution in [0.2, 0.25) is 0 Å². The highest BCUT2D eigenvalue weighted by molar-refractivity contribution is 5.98. The molecule has 1 aromatic heterocycles. The summed E-state index contributed by atoms with van der Waals surface area (Å²) in [4.78, 5) is 0. The lowest BCUT2D eigenvalue weighted by atomic mass is 9.70. The van der Waals surface area contributed by atoms with Gasteiger partial charge in [0.1, 0.15) is 0 Å². The Kier molecular flexibility index (Phi) is 4.23. The smallest absolute Gasteiger partial charge is 0.0744 e. The summed E-state index contributed by atoms with van der Waals surface area (Å²) in [5, 5.41) is 6.30. The van der Waals surface area contributed by atoms with Gasteiger partial charge in [-0.05, 0) is 85.0 Å². The van der Waals surface area contributed by atoms with Crippen molar-refractivity contribution in [2.24, 2.45) is 0 Å². The van der Waals surface area contributed by atoms with E-state index in [1.807, 2.05) is 0 Å². The predicted octanol–water partition coefficient (Wildman–Crippen LogP) is 9.68. The molecule has 0 N–H and O–H groups in total. The van der Waals surface area contributed by atoms with Gasteiger partial charge in [-0.15, -0.1) is 0 Å². The van der Waals surface area contributed by atoms with Crippen LogP contribution in [-0.2, 0) is 10.8 Å². The summed E-state index contributed by atoms with van der Waals surface area (Å²) in [6.07, 6.45) is 2.08. The summed E-state index contributed by atoms with van der Waals surface area (Å²) < 4.78 is 2.15. The molecule has 0 fully saturated rings. The molecule has 43 heavy (non-hydrogen) atoms. The molecule has 1 spiro atoms. The number of hydrogen-bond donors (Lipinski definition) is 0. The van der Waals surface area contributed by atoms with Gasteiger partial charge in [-0.1, -0.05) is 123 Å². The van der Waals surface area contributed by atoms with E-state index < -0.39 is 0 Å². The maximum Gasteiger partial charge on any atom is 0.0744 e. The Morgan fingerprint density at radius 1 is 0.488 bits per heavy atom. The Morgan fingerprint density at radius 3 is 1.58 bits per heavy atom. The van der Waals surface area contributed by atoms with E-state index in [0.29, 0.717) is 0 Å². The minimum absolute atomic E-state index is 0.0831. The minimum Gasteiger partial charge on any atom is -0.233 e. The van der Waals surface area contributed by atoms with Gasteiger partial charge in [0.05, 0.1) is 22.8 Å². The van der Waals surface area contributed by atoms with E-state index >= 15 is 0 Å². The van der Waals surface area contributed by atoms with Gasteiger partial charge < -0.3 is 0 Å². The van der Waals surface area contributed by atoms with Crippen LogP contribution in [0.1, 0.15) is 47.2 Å². The van der Waals surface area contributed by atoms with Crippen molar-refractivity contribution in [1.29, 1.82) is 0 Å². The third-order valence-electron chi connectivity index (χ3n) is 10.5. The number of fused-ring (bicyclic) bond motifs is 15. The van der Waals surface area contributed by atoms with Gasteiger partial charge in [0.2, 0.25) is 0 Å². The quantitative estimate of drug-likeness (QED) is 0.200. The highest BCUT2D eigenvalue weighted by atomic mass is 15.3. The van der Waals surface area contributed by atoms with Crippen molar-refractivity contribution in [1.82, 2.24) is 9.78 Å². The molecule has 0 bridgehead atoms. The van der Waals surface area contributed by atoms with Gasteiger partial charge in [-0.25, -0.2) is 4.68 Å². The first-order valence-electron chi connectivity index (χ1n) is 15.2. The lowest BCUT2D eigenvalue weighted by Crippen LogP contribution is -2.26. The van der Waals surface area contributed by atoms with E-state index in [-0.39, 0.29) is 10.8 Å². The zero-order chi connectivity index (χ0) is 28.5. The monoisotopic (exact) mass is 548 g/mol. The molecule has 0 radical (unpaired) electrons. The zero-order valence-electron chi connectivity index (χ0n) is 24.1. The fourth-order valence-electron chi connectivity index (χ4n) is 8.82. The maximum atomic E-state index is 5.07. The van der Waals surface area contributed by atoms with Crippen molar-refractivity contribution in [3.05, 3.63) is 167 Å². The molecule has 0 atom stereocenters. The van der Waals surface area contributed by atoms with Crippen LogP contribution in [0.5, 0.6) is 0 Å². The Balaban J connectivity index is 1.24. The Morgan fingerprint density at radius 2 is 0.977 bits per heavy atom. The van der Waals surface area contributed by atoms with E-state index in [1.54, 1.807) is 0 Å². The second-order valence-corrected chi connectivity index (χ2v) is 12.8. The van der Waals surface area contributed by atoms with Crippen LogP contribution in [0.4, 0.5) is 0 Å². The number of hydrogen-bond acceptors (Lipinski definition) is 1. The van der Waals surface area contributed by atoms with Crippen molar-refractivity contribution >= 4 is 10.9 Å². The van der Waals surface area contributed by atoms with Gasteiger partial charge in [0.15, 0.2) is 0 Å². The SMILES string of the molecule is CC1(C)c2ccccc2-c2ccc3c(cnn3-c3ccc4c(c3)C3(c5ccccc5-c5ccccc53)c3ccccc3-4)c21. The van der Waals surface area contributed by atoms with Crippen molar-refractivity contribution < 1.29 is 0 Å². The normalized spacial score (nSPS) is 15.6. The van der Waals surface area contributed by atoms with E-state index in [4.69, 9.17) is 5.10 Å². The van der Waals surface area contributed by atoms with Crippen LogP contribution in [0, 0.1) is 0 Å². The Bertz CT molecular complexity index is 2270. The topological polar surface area (TPSA) is 17.8 Å². The van der Waals surface area contributed by atoms with Crippen LogP contribution in [0.15, 0.2) is 134 Å². The number of rotatable bonds is 1. The Labute approximate surface area is 250 Å². The number of aromatic nitrogens is 2. The van der Waals surface area contributed by atoms with E-state index in [2.05, 4.69) is 152 Å². The molecule has 7 aromatic rings. The predicted molar refractivity (Wildman–Crippen MR) is 175 cm³/mol. The van der Waals surface area contributed by atoms with Gasteiger partial charge in [0, 0.05) is 10.8 Å². The fourth-order valence-corrected chi connectivity index (χ4v) is 8.82. The van der Waals surface area contributed by atoms with Crippen LogP contribution in [0.3, 0.4) is 0 Å². The summed E-state index contributed by atoms with van der Waals surface area (Å²) in [5.74, 6) is 0. The highest BCUT2D eigenvalue weighted by Crippen LogP contribution is 2.63. The van der Waals surface area contributed by atoms with Crippen molar-refractivity contribution in [2.45, 2.75) is 24.7 Å². The molecule has 2 nitrogen and oxygen atoms in total. The molecular formula is C41H28N2. The maximum absolute atomic E-state index is 5.07. The second kappa shape index (κ2) is 7.79. The molecule has 3 aliphatic carbocycles. The highest BCUT2D eigenvalue weighted by Gasteiger charge is 2.51. The molecule has 3 aliphatic rings. The van der Waals surface area contributed by atoms with Gasteiger partial charge in [-0.2, -0.15) is 5.10 Å². The Hall–Kier alpha value is -5.21. The van der Waals surface area contributed by atoms with Crippen molar-refractivity contribution in [2.75, 3.05) is 0 Å². The number of benzene rings is 6. The summed E-state index contributed by atoms with van der Waals surface area (Å²) in [6.45, 7) is 4.69. The molecule has 0 aliphatic heterocycles. The first-order chi connectivity index (χ1) is 21.1. The molecule has 0 amide bonds. The molecule has 1 heterocycles. The lowest BCUT2D eigenvalue weighted by Gasteiger charge is -2.30. The molecule has 0 saturated heterocycles. The third kappa shape index (κ3) is 2.64. The van der Waals surface area contributed by atoms with Crippen molar-refractivity contribution in [3.63, 3.8) is 0 Å².